The standard InChI is InChI=1S/C52H87N7O23S/c1-5-33-24-34(36(63)13-9-15-53-40(64)14-19-75-21-22-76-20-16-54-48(69)35-26-59(57-56-35)52(28-61,29-74-4)82-83(71,72)73)25-37(46(33)81-51-45(68)44(67)42(65)30(2)77-51)79-50-41(55-31(3)62)47(43(66)39(27-60)80-50)78-38(49(70)58-17-10-18-58)23-32-11-7-6-8-12-32/h26,30,32-34,37-39,41-47,50-51,60-61,65-68H,5-25,27-29H2,1-4H3,(H,53,64)(H,54,69)(H,55,62)(H,71,72,73)/t30?,33?,34?,37-,38+,39+,41?,42-,43+,44+,45?,46-,47?,50-,51+,52?/m1/s1. The summed E-state index contributed by atoms with van der Waals surface area (Å²) in [5.74, 6) is -2.81. The van der Waals surface area contributed by atoms with Crippen LogP contribution in [0, 0.1) is 17.8 Å². The quantitative estimate of drug-likeness (QED) is 0.0259. The first-order chi connectivity index (χ1) is 39.6. The Bertz CT molecular complexity index is 2330. The molecule has 1 aromatic heterocycles. The number of hydrogen-bond acceptors (Lipinski definition) is 24. The molecule has 6 rings (SSSR count). The molecule has 0 spiro atoms. The molecular weight excluding hydrogens is 1120 g/mol. The van der Waals surface area contributed by atoms with Crippen LogP contribution in [-0.2, 0) is 77.4 Å². The van der Waals surface area contributed by atoms with Gasteiger partial charge in [-0.2, -0.15) is 8.42 Å². The van der Waals surface area contributed by atoms with E-state index in [1.165, 1.54) is 21.0 Å². The molecule has 0 aromatic carbocycles. The molecule has 7 unspecified atom stereocenters. The molecule has 5 aliphatic rings. The van der Waals surface area contributed by atoms with Gasteiger partial charge in [0.05, 0.1) is 70.8 Å². The second kappa shape index (κ2) is 32.7. The summed E-state index contributed by atoms with van der Waals surface area (Å²) in [5.41, 5.74) is -2.50. The van der Waals surface area contributed by atoms with Gasteiger partial charge in [0.1, 0.15) is 54.6 Å². The van der Waals surface area contributed by atoms with Crippen LogP contribution in [0.1, 0.15) is 115 Å². The largest absolute Gasteiger partial charge is 0.399 e. The summed E-state index contributed by atoms with van der Waals surface area (Å²) in [6, 6.07) is -1.25. The van der Waals surface area contributed by atoms with E-state index in [9.17, 15) is 67.6 Å². The normalized spacial score (nSPS) is 30.9. The van der Waals surface area contributed by atoms with Crippen molar-refractivity contribution in [3.8, 4) is 0 Å². The minimum absolute atomic E-state index is 0.00992. The molecule has 4 heterocycles. The van der Waals surface area contributed by atoms with E-state index in [2.05, 4.69) is 30.4 Å². The number of carbonyl (C=O) groups is 5. The highest BCUT2D eigenvalue weighted by atomic mass is 32.3. The Kier molecular flexibility index (Phi) is 26.8. The van der Waals surface area contributed by atoms with Crippen LogP contribution >= 0.6 is 0 Å². The predicted octanol–water partition coefficient (Wildman–Crippen LogP) is -2.42. The van der Waals surface area contributed by atoms with Gasteiger partial charge in [-0.05, 0) is 50.9 Å². The van der Waals surface area contributed by atoms with E-state index in [0.717, 1.165) is 49.4 Å². The topological polar surface area (TPSA) is 414 Å². The molecule has 31 heteroatoms. The van der Waals surface area contributed by atoms with Crippen LogP contribution < -0.4 is 16.0 Å². The molecule has 16 atom stereocenters. The van der Waals surface area contributed by atoms with Crippen molar-refractivity contribution in [2.24, 2.45) is 17.8 Å². The number of aliphatic hydroxyl groups is 6. The Morgan fingerprint density at radius 1 is 0.855 bits per heavy atom. The van der Waals surface area contributed by atoms with Gasteiger partial charge in [0.2, 0.25) is 17.5 Å². The Morgan fingerprint density at radius 2 is 1.58 bits per heavy atom. The predicted molar refractivity (Wildman–Crippen MR) is 284 cm³/mol. The van der Waals surface area contributed by atoms with Crippen molar-refractivity contribution in [3.05, 3.63) is 11.9 Å². The van der Waals surface area contributed by atoms with Crippen LogP contribution in [0.15, 0.2) is 6.20 Å². The van der Waals surface area contributed by atoms with Gasteiger partial charge in [-0.25, -0.2) is 8.86 Å². The number of methoxy groups -OCH3 is 1. The van der Waals surface area contributed by atoms with E-state index in [1.807, 2.05) is 6.92 Å². The van der Waals surface area contributed by atoms with Gasteiger partial charge in [0.25, 0.3) is 11.8 Å². The van der Waals surface area contributed by atoms with Crippen molar-refractivity contribution < 1.29 is 110 Å². The maximum atomic E-state index is 14.1. The minimum Gasteiger partial charge on any atom is -0.394 e. The number of ketones is 1. The zero-order valence-corrected chi connectivity index (χ0v) is 48.5. The number of carbonyl (C=O) groups excluding carboxylic acids is 5. The number of likely N-dealkylation sites (tertiary alicyclic amines) is 1. The molecule has 0 radical (unpaired) electrons. The van der Waals surface area contributed by atoms with Crippen molar-refractivity contribution >= 4 is 39.8 Å². The van der Waals surface area contributed by atoms with Crippen LogP contribution in [-0.4, -0.2) is 252 Å². The molecule has 2 saturated carbocycles. The van der Waals surface area contributed by atoms with Gasteiger partial charge < -0.3 is 89.4 Å². The number of rotatable bonds is 33. The number of aromatic nitrogens is 3. The molecule has 4 amide bonds. The molecule has 0 bridgehead atoms. The van der Waals surface area contributed by atoms with Gasteiger partial charge in [-0.1, -0.05) is 50.7 Å². The number of amides is 4. The molecule has 474 valence electrons. The zero-order valence-electron chi connectivity index (χ0n) is 47.6. The van der Waals surface area contributed by atoms with Gasteiger partial charge in [0.15, 0.2) is 18.3 Å². The van der Waals surface area contributed by atoms with Crippen molar-refractivity contribution in [1.29, 1.82) is 0 Å². The van der Waals surface area contributed by atoms with Gasteiger partial charge in [0, 0.05) is 59.0 Å². The zero-order chi connectivity index (χ0) is 60.4. The Balaban J connectivity index is 1.01. The minimum atomic E-state index is -5.08. The molecule has 30 nitrogen and oxygen atoms in total. The smallest absolute Gasteiger partial charge is 0.394 e. The molecule has 10 N–H and O–H groups in total. The Morgan fingerprint density at radius 3 is 2.22 bits per heavy atom. The number of Topliss-reactive ketones (excluding diaryl/α,β-unsaturated/α-hetero) is 1. The molecule has 1 aromatic rings. The fourth-order valence-electron chi connectivity index (χ4n) is 11.2. The van der Waals surface area contributed by atoms with E-state index in [1.54, 1.807) is 4.90 Å². The summed E-state index contributed by atoms with van der Waals surface area (Å²) in [7, 11) is -3.90. The summed E-state index contributed by atoms with van der Waals surface area (Å²) >= 11 is 0. The molecule has 3 aliphatic heterocycles. The highest BCUT2D eigenvalue weighted by Crippen LogP contribution is 2.41. The number of aliphatic hydroxyl groups excluding tert-OH is 6. The molecule has 3 saturated heterocycles. The van der Waals surface area contributed by atoms with Gasteiger partial charge in [-0.15, -0.1) is 5.10 Å². The first kappa shape index (κ1) is 68.1. The number of ether oxygens (including phenoxy) is 8. The maximum Gasteiger partial charge on any atom is 0.399 e. The summed E-state index contributed by atoms with van der Waals surface area (Å²) in [5, 5.41) is 79.9. The fraction of sp³-hybridized carbons (Fsp3) is 0.865. The highest BCUT2D eigenvalue weighted by molar-refractivity contribution is 7.80. The average molecular weight is 1210 g/mol. The monoisotopic (exact) mass is 1210 g/mol. The first-order valence-corrected chi connectivity index (χ1v) is 30.1. The van der Waals surface area contributed by atoms with Gasteiger partial charge in [-0.3, -0.25) is 28.5 Å². The second-order valence-electron chi connectivity index (χ2n) is 22.0. The first-order valence-electron chi connectivity index (χ1n) is 28.7. The maximum absolute atomic E-state index is 14.1. The fourth-order valence-corrected chi connectivity index (χ4v) is 11.8. The summed E-state index contributed by atoms with van der Waals surface area (Å²) in [6.07, 6.45) is -7.35. The van der Waals surface area contributed by atoms with E-state index in [4.69, 9.17) is 37.9 Å². The van der Waals surface area contributed by atoms with Crippen LogP contribution in [0.2, 0.25) is 0 Å². The lowest BCUT2D eigenvalue weighted by Crippen LogP contribution is -2.67. The van der Waals surface area contributed by atoms with Crippen molar-refractivity contribution in [3.63, 3.8) is 0 Å². The van der Waals surface area contributed by atoms with Crippen molar-refractivity contribution in [2.75, 3.05) is 79.5 Å². The lowest BCUT2D eigenvalue weighted by molar-refractivity contribution is -0.338. The summed E-state index contributed by atoms with van der Waals surface area (Å²) in [4.78, 5) is 68.2. The SMILES string of the molecule is CCC1CC(C(=O)CCCNC(=O)CCOCCOCCNC(=O)c2cn(C(CO)(COC)OS(=O)(=O)O)nn2)C[C@@H](O[C@@H]2O[C@@H](CO)[C@H](O)C(O[C@@H](CC3CCCCC3)C(=O)N3CCC3)C2NC(C)=O)[C@@H]1O[C@@H]1OC(C)[C@@H](O)[C@H](O)C1O. The van der Waals surface area contributed by atoms with Crippen LogP contribution in [0.3, 0.4) is 0 Å². The third kappa shape index (κ3) is 19.2. The van der Waals surface area contributed by atoms with E-state index >= 15 is 0 Å². The Hall–Kier alpha value is -4.00. The van der Waals surface area contributed by atoms with E-state index in [-0.39, 0.29) is 94.4 Å². The lowest BCUT2D eigenvalue weighted by Gasteiger charge is -2.49. The summed E-state index contributed by atoms with van der Waals surface area (Å²) < 4.78 is 85.2. The third-order valence-electron chi connectivity index (χ3n) is 15.9. The molecule has 5 fully saturated rings. The molecular formula is C52H87N7O23S. The van der Waals surface area contributed by atoms with Crippen LogP contribution in [0.4, 0.5) is 0 Å². The van der Waals surface area contributed by atoms with Crippen molar-refractivity contribution in [2.45, 2.75) is 190 Å². The number of nitrogens with zero attached hydrogens (tertiary/aromatic N) is 4. The Labute approximate surface area is 482 Å². The number of hydrogen-bond donors (Lipinski definition) is 10. The van der Waals surface area contributed by atoms with Crippen LogP contribution in [0.25, 0.3) is 0 Å². The third-order valence-corrected chi connectivity index (χ3v) is 16.4. The van der Waals surface area contributed by atoms with Crippen molar-refractivity contribution in [1.82, 2.24) is 35.8 Å². The van der Waals surface area contributed by atoms with Gasteiger partial charge >= 0.3 is 10.4 Å². The van der Waals surface area contributed by atoms with E-state index in [0.29, 0.717) is 32.4 Å². The number of nitrogens with one attached hydrogen (secondary N) is 3. The molecule has 2 aliphatic carbocycles. The molecule has 83 heavy (non-hydrogen) atoms. The van der Waals surface area contributed by atoms with Crippen LogP contribution in [0.5, 0.6) is 0 Å². The highest BCUT2D eigenvalue weighted by Gasteiger charge is 2.53. The summed E-state index contributed by atoms with van der Waals surface area (Å²) in [6.45, 7) is 4.04. The average Bonchev–Trinajstić information content (AvgIpc) is 4.05. The lowest BCUT2D eigenvalue weighted by atomic mass is 9.74. The second-order valence-corrected chi connectivity index (χ2v) is 23.0. The van der Waals surface area contributed by atoms with E-state index < -0.39 is 139 Å².